The largest absolute Gasteiger partial charge is 0.386 e. The van der Waals surface area contributed by atoms with E-state index in [2.05, 4.69) is 5.32 Å². The van der Waals surface area contributed by atoms with Crippen molar-refractivity contribution in [2.24, 2.45) is 11.7 Å². The van der Waals surface area contributed by atoms with Gasteiger partial charge in [0.15, 0.2) is 0 Å². The fourth-order valence-electron chi connectivity index (χ4n) is 1.48. The van der Waals surface area contributed by atoms with Crippen molar-refractivity contribution in [1.29, 1.82) is 0 Å². The van der Waals surface area contributed by atoms with Crippen molar-refractivity contribution < 1.29 is 9.90 Å². The lowest BCUT2D eigenvalue weighted by Gasteiger charge is -2.20. The van der Waals surface area contributed by atoms with Crippen LogP contribution >= 0.6 is 11.3 Å². The lowest BCUT2D eigenvalue weighted by Crippen LogP contribution is -2.46. The standard InChI is InChI=1S/C11H18N2O2S/c1-7(2)10(11(12)15)13-6-8(14)9-4-3-5-16-9/h3-5,7-8,10,13-14H,6H2,1-2H3,(H2,12,15). The van der Waals surface area contributed by atoms with Gasteiger partial charge in [-0.05, 0) is 17.4 Å². The number of hydrogen-bond acceptors (Lipinski definition) is 4. The molecule has 1 aromatic heterocycles. The molecule has 16 heavy (non-hydrogen) atoms. The Hall–Kier alpha value is -0.910. The Morgan fingerprint density at radius 1 is 1.62 bits per heavy atom. The van der Waals surface area contributed by atoms with E-state index in [0.29, 0.717) is 6.54 Å². The van der Waals surface area contributed by atoms with Crippen LogP contribution in [-0.2, 0) is 4.79 Å². The Bertz CT molecular complexity index is 325. The first-order valence-corrected chi connectivity index (χ1v) is 6.14. The number of nitrogens with one attached hydrogen (secondary N) is 1. The van der Waals surface area contributed by atoms with Gasteiger partial charge in [-0.15, -0.1) is 11.3 Å². The Morgan fingerprint density at radius 3 is 2.75 bits per heavy atom. The lowest BCUT2D eigenvalue weighted by molar-refractivity contribution is -0.121. The zero-order valence-corrected chi connectivity index (χ0v) is 10.3. The van der Waals surface area contributed by atoms with Crippen molar-refractivity contribution in [2.45, 2.75) is 26.0 Å². The van der Waals surface area contributed by atoms with Gasteiger partial charge in [0, 0.05) is 11.4 Å². The molecule has 1 rings (SSSR count). The minimum Gasteiger partial charge on any atom is -0.386 e. The molecule has 0 fully saturated rings. The second kappa shape index (κ2) is 5.98. The zero-order valence-electron chi connectivity index (χ0n) is 9.51. The van der Waals surface area contributed by atoms with Gasteiger partial charge in [0.1, 0.15) is 6.10 Å². The van der Waals surface area contributed by atoms with Gasteiger partial charge in [0.2, 0.25) is 5.91 Å². The highest BCUT2D eigenvalue weighted by Gasteiger charge is 2.20. The first kappa shape index (κ1) is 13.2. The van der Waals surface area contributed by atoms with Crippen LogP contribution in [0.1, 0.15) is 24.8 Å². The fourth-order valence-corrected chi connectivity index (χ4v) is 2.20. The van der Waals surface area contributed by atoms with E-state index in [9.17, 15) is 9.90 Å². The summed E-state index contributed by atoms with van der Waals surface area (Å²) in [6.07, 6.45) is -0.583. The van der Waals surface area contributed by atoms with E-state index in [1.54, 1.807) is 0 Å². The van der Waals surface area contributed by atoms with Crippen LogP contribution in [0.25, 0.3) is 0 Å². The van der Waals surface area contributed by atoms with E-state index < -0.39 is 12.1 Å². The monoisotopic (exact) mass is 242 g/mol. The molecular weight excluding hydrogens is 224 g/mol. The fraction of sp³-hybridized carbons (Fsp3) is 0.545. The van der Waals surface area contributed by atoms with Gasteiger partial charge in [-0.3, -0.25) is 4.79 Å². The normalized spacial score (nSPS) is 15.0. The van der Waals surface area contributed by atoms with Gasteiger partial charge < -0.3 is 16.2 Å². The highest BCUT2D eigenvalue weighted by atomic mass is 32.1. The van der Waals surface area contributed by atoms with Crippen LogP contribution < -0.4 is 11.1 Å². The second-order valence-corrected chi connectivity index (χ2v) is 5.04. The topological polar surface area (TPSA) is 75.3 Å². The van der Waals surface area contributed by atoms with Crippen molar-refractivity contribution in [1.82, 2.24) is 5.32 Å². The van der Waals surface area contributed by atoms with Crippen molar-refractivity contribution in [3.63, 3.8) is 0 Å². The van der Waals surface area contributed by atoms with Crippen LogP contribution in [0.15, 0.2) is 17.5 Å². The molecule has 0 radical (unpaired) electrons. The quantitative estimate of drug-likeness (QED) is 0.693. The molecule has 0 aliphatic carbocycles. The van der Waals surface area contributed by atoms with Crippen LogP contribution in [0.2, 0.25) is 0 Å². The summed E-state index contributed by atoms with van der Waals surface area (Å²) in [5.41, 5.74) is 5.26. The van der Waals surface area contributed by atoms with E-state index in [1.165, 1.54) is 11.3 Å². The van der Waals surface area contributed by atoms with Crippen molar-refractivity contribution >= 4 is 17.2 Å². The summed E-state index contributed by atoms with van der Waals surface area (Å²) >= 11 is 1.49. The van der Waals surface area contributed by atoms with E-state index in [-0.39, 0.29) is 11.8 Å². The molecule has 0 aliphatic heterocycles. The first-order valence-electron chi connectivity index (χ1n) is 5.26. The minimum atomic E-state index is -0.583. The number of carbonyl (C=O) groups excluding carboxylic acids is 1. The van der Waals surface area contributed by atoms with Gasteiger partial charge >= 0.3 is 0 Å². The van der Waals surface area contributed by atoms with Crippen LogP contribution in [0.3, 0.4) is 0 Å². The molecule has 2 unspecified atom stereocenters. The number of carbonyl (C=O) groups is 1. The maximum atomic E-state index is 11.1. The molecule has 0 saturated carbocycles. The summed E-state index contributed by atoms with van der Waals surface area (Å²) in [7, 11) is 0. The van der Waals surface area contributed by atoms with E-state index in [1.807, 2.05) is 31.4 Å². The maximum absolute atomic E-state index is 11.1. The van der Waals surface area contributed by atoms with Crippen LogP contribution in [-0.4, -0.2) is 23.6 Å². The summed E-state index contributed by atoms with van der Waals surface area (Å²) in [5.74, 6) is -0.263. The Morgan fingerprint density at radius 2 is 2.31 bits per heavy atom. The molecule has 90 valence electrons. The number of aliphatic hydroxyl groups is 1. The van der Waals surface area contributed by atoms with Crippen molar-refractivity contribution in [2.75, 3.05) is 6.54 Å². The van der Waals surface area contributed by atoms with E-state index >= 15 is 0 Å². The van der Waals surface area contributed by atoms with Gasteiger partial charge in [-0.1, -0.05) is 19.9 Å². The van der Waals surface area contributed by atoms with E-state index in [0.717, 1.165) is 4.88 Å². The van der Waals surface area contributed by atoms with Gasteiger partial charge in [0.25, 0.3) is 0 Å². The molecule has 4 nitrogen and oxygen atoms in total. The number of amides is 1. The van der Waals surface area contributed by atoms with Crippen LogP contribution in [0.4, 0.5) is 0 Å². The maximum Gasteiger partial charge on any atom is 0.234 e. The zero-order chi connectivity index (χ0) is 12.1. The molecule has 1 aromatic rings. The summed E-state index contributed by atoms with van der Waals surface area (Å²) in [6.45, 7) is 4.17. The minimum absolute atomic E-state index is 0.119. The predicted octanol–water partition coefficient (Wildman–Crippen LogP) is 0.881. The highest BCUT2D eigenvalue weighted by Crippen LogP contribution is 2.18. The third-order valence-corrected chi connectivity index (χ3v) is 3.35. The number of nitrogens with two attached hydrogens (primary N) is 1. The van der Waals surface area contributed by atoms with Crippen LogP contribution in [0.5, 0.6) is 0 Å². The smallest absolute Gasteiger partial charge is 0.234 e. The number of rotatable bonds is 6. The van der Waals surface area contributed by atoms with Crippen LogP contribution in [0, 0.1) is 5.92 Å². The summed E-state index contributed by atoms with van der Waals surface area (Å²) in [4.78, 5) is 12.0. The molecule has 0 aromatic carbocycles. The number of thiophene rings is 1. The molecule has 5 heteroatoms. The molecule has 1 amide bonds. The van der Waals surface area contributed by atoms with Gasteiger partial charge in [-0.2, -0.15) is 0 Å². The molecule has 0 spiro atoms. The molecule has 0 saturated heterocycles. The predicted molar refractivity (Wildman–Crippen MR) is 65.1 cm³/mol. The lowest BCUT2D eigenvalue weighted by atomic mass is 10.0. The molecular formula is C11H18N2O2S. The summed E-state index contributed by atoms with van der Waals surface area (Å²) in [5, 5.41) is 14.7. The summed E-state index contributed by atoms with van der Waals surface area (Å²) in [6, 6.07) is 3.36. The van der Waals surface area contributed by atoms with Crippen molar-refractivity contribution in [3.05, 3.63) is 22.4 Å². The third-order valence-electron chi connectivity index (χ3n) is 2.38. The SMILES string of the molecule is CC(C)C(NCC(O)c1cccs1)C(N)=O. The molecule has 1 heterocycles. The Kier molecular flexibility index (Phi) is 4.92. The number of hydrogen-bond donors (Lipinski definition) is 3. The van der Waals surface area contributed by atoms with Gasteiger partial charge in [-0.25, -0.2) is 0 Å². The third kappa shape index (κ3) is 3.59. The number of aliphatic hydroxyl groups excluding tert-OH is 1. The average molecular weight is 242 g/mol. The van der Waals surface area contributed by atoms with Gasteiger partial charge in [0.05, 0.1) is 6.04 Å². The molecule has 0 bridgehead atoms. The Balaban J connectivity index is 2.46. The number of primary amides is 1. The first-order chi connectivity index (χ1) is 7.52. The second-order valence-electron chi connectivity index (χ2n) is 4.06. The summed E-state index contributed by atoms with van der Waals surface area (Å²) < 4.78 is 0. The molecule has 4 N–H and O–H groups in total. The molecule has 2 atom stereocenters. The Labute approximate surface area is 99.5 Å². The van der Waals surface area contributed by atoms with Crippen molar-refractivity contribution in [3.8, 4) is 0 Å². The average Bonchev–Trinajstić information content (AvgIpc) is 2.69. The van der Waals surface area contributed by atoms with E-state index in [4.69, 9.17) is 5.73 Å². The highest BCUT2D eigenvalue weighted by molar-refractivity contribution is 7.10. The molecule has 0 aliphatic rings.